The second-order valence-electron chi connectivity index (χ2n) is 4.75. The average Bonchev–Trinajstić information content (AvgIpc) is 2.07. The second kappa shape index (κ2) is 8.29. The van der Waals surface area contributed by atoms with E-state index in [9.17, 15) is 13.7 Å². The van der Waals surface area contributed by atoms with E-state index < -0.39 is 41.6 Å². The van der Waals surface area contributed by atoms with Crippen LogP contribution in [0.3, 0.4) is 0 Å². The zero-order valence-electron chi connectivity index (χ0n) is 11.4. The summed E-state index contributed by atoms with van der Waals surface area (Å²) in [6, 6.07) is 0. The van der Waals surface area contributed by atoms with Crippen LogP contribution in [0.2, 0.25) is 0 Å². The van der Waals surface area contributed by atoms with E-state index in [2.05, 4.69) is 0 Å². The third-order valence-corrected chi connectivity index (χ3v) is 4.60. The maximum atomic E-state index is 10.9. The van der Waals surface area contributed by atoms with Gasteiger partial charge in [0.2, 0.25) is 0 Å². The Morgan fingerprint density at radius 1 is 0.714 bits per heavy atom. The Kier molecular flexibility index (Phi) is 8.43. The summed E-state index contributed by atoms with van der Waals surface area (Å²) >= 11 is 0. The van der Waals surface area contributed by atoms with Gasteiger partial charge in [0.25, 0.3) is 0 Å². The highest BCUT2D eigenvalue weighted by molar-refractivity contribution is 7.52. The summed E-state index contributed by atoms with van der Waals surface area (Å²) in [4.78, 5) is 55.2. The lowest BCUT2D eigenvalue weighted by atomic mass is 10.4. The first-order valence-electron chi connectivity index (χ1n) is 5.72. The van der Waals surface area contributed by atoms with Crippen LogP contribution in [0, 0.1) is 0 Å². The Labute approximate surface area is 122 Å². The van der Waals surface area contributed by atoms with Crippen LogP contribution in [0.25, 0.3) is 0 Å². The van der Waals surface area contributed by atoms with Crippen LogP contribution in [0.4, 0.5) is 0 Å². The van der Waals surface area contributed by atoms with Crippen LogP contribution in [-0.2, 0) is 13.7 Å². The molecule has 0 aromatic heterocycles. The van der Waals surface area contributed by atoms with Gasteiger partial charge in [-0.1, -0.05) is 0 Å². The second-order valence-corrected chi connectivity index (χ2v) is 9.58. The third-order valence-electron chi connectivity index (χ3n) is 2.21. The molecule has 0 aliphatic carbocycles. The number of hydrogen-bond acceptors (Lipinski definition) is 5. The molecule has 128 valence electrons. The van der Waals surface area contributed by atoms with Gasteiger partial charge in [0, 0.05) is 6.54 Å². The van der Waals surface area contributed by atoms with Crippen molar-refractivity contribution in [2.45, 2.75) is 6.42 Å². The van der Waals surface area contributed by atoms with Crippen molar-refractivity contribution in [1.29, 1.82) is 0 Å². The Morgan fingerprint density at radius 3 is 1.43 bits per heavy atom. The van der Waals surface area contributed by atoms with Crippen LogP contribution in [0.5, 0.6) is 0 Å². The zero-order chi connectivity index (χ0) is 16.9. The molecule has 0 unspecified atom stereocenters. The normalized spacial score (nSPS) is 14.1. The van der Waals surface area contributed by atoms with E-state index in [1.807, 2.05) is 0 Å². The minimum absolute atomic E-state index is 0.0261. The van der Waals surface area contributed by atoms with Gasteiger partial charge < -0.3 is 29.4 Å². The van der Waals surface area contributed by atoms with Gasteiger partial charge in [0.05, 0.1) is 0 Å². The van der Waals surface area contributed by atoms with E-state index in [1.165, 1.54) is 11.9 Å². The molecule has 11 nitrogen and oxygen atoms in total. The third kappa shape index (κ3) is 15.1. The van der Waals surface area contributed by atoms with Crippen molar-refractivity contribution in [3.8, 4) is 0 Å². The molecule has 0 aliphatic rings. The highest BCUT2D eigenvalue weighted by atomic mass is 31.2. The molecule has 0 atom stereocenters. The van der Waals surface area contributed by atoms with E-state index >= 15 is 0 Å². The summed E-state index contributed by atoms with van der Waals surface area (Å²) in [6.45, 7) is 0.172. The minimum atomic E-state index is -4.46. The molecule has 0 rings (SSSR count). The number of hydrogen-bond donors (Lipinski definition) is 6. The molecule has 21 heavy (non-hydrogen) atoms. The lowest BCUT2D eigenvalue weighted by Gasteiger charge is -2.24. The van der Waals surface area contributed by atoms with E-state index in [4.69, 9.17) is 29.4 Å². The Balaban J connectivity index is 4.39. The molecule has 0 amide bonds. The molecule has 0 radical (unpaired) electrons. The van der Waals surface area contributed by atoms with Crippen molar-refractivity contribution in [1.82, 2.24) is 9.80 Å². The molecule has 0 heterocycles. The molecule has 0 aromatic carbocycles. The van der Waals surface area contributed by atoms with Crippen molar-refractivity contribution >= 4 is 22.8 Å². The maximum absolute atomic E-state index is 10.9. The first-order valence-corrected chi connectivity index (χ1v) is 11.1. The highest BCUT2D eigenvalue weighted by Crippen LogP contribution is 2.40. The van der Waals surface area contributed by atoms with E-state index in [0.717, 1.165) is 4.90 Å². The van der Waals surface area contributed by atoms with Crippen molar-refractivity contribution < 1.29 is 43.1 Å². The molecule has 0 aromatic rings. The van der Waals surface area contributed by atoms with Crippen LogP contribution >= 0.6 is 22.8 Å². The first kappa shape index (κ1) is 21.4. The molecule has 14 heteroatoms. The summed E-state index contributed by atoms with van der Waals surface area (Å²) in [5.41, 5.74) is 0. The Morgan fingerprint density at radius 2 is 1.10 bits per heavy atom. The Hall–Kier alpha value is 0.370. The fourth-order valence-electron chi connectivity index (χ4n) is 1.66. The summed E-state index contributed by atoms with van der Waals surface area (Å²) in [5.74, 6) is 0. The maximum Gasteiger partial charge on any atom is 0.339 e. The molecule has 0 saturated carbocycles. The van der Waals surface area contributed by atoms with Crippen molar-refractivity contribution in [3.63, 3.8) is 0 Å². The van der Waals surface area contributed by atoms with E-state index in [0.29, 0.717) is 0 Å². The lowest BCUT2D eigenvalue weighted by Crippen LogP contribution is -2.30. The van der Waals surface area contributed by atoms with Gasteiger partial charge in [-0.25, -0.2) is 0 Å². The number of rotatable bonds is 10. The predicted octanol–water partition coefficient (Wildman–Crippen LogP) is -0.984. The Bertz CT molecular complexity index is 430. The largest absolute Gasteiger partial charge is 0.339 e. The predicted molar refractivity (Wildman–Crippen MR) is 74.7 cm³/mol. The molecule has 0 saturated heterocycles. The highest BCUT2D eigenvalue weighted by Gasteiger charge is 2.25. The van der Waals surface area contributed by atoms with Crippen molar-refractivity contribution in [2.75, 3.05) is 39.0 Å². The van der Waals surface area contributed by atoms with E-state index in [1.54, 1.807) is 0 Å². The molecular weight excluding hydrogens is 349 g/mol. The molecule has 0 spiro atoms. The molecule has 0 bridgehead atoms. The van der Waals surface area contributed by atoms with Crippen LogP contribution in [0.1, 0.15) is 6.42 Å². The molecule has 0 fully saturated rings. The quantitative estimate of drug-likeness (QED) is 0.260. The minimum Gasteiger partial charge on any atom is -0.324 e. The van der Waals surface area contributed by atoms with Gasteiger partial charge in [-0.05, 0) is 20.0 Å². The molecule has 6 N–H and O–H groups in total. The topological polar surface area (TPSA) is 179 Å². The SMILES string of the molecule is CN(CCCN(CP(=O)(O)O)CP(=O)(O)O)CP(=O)(O)O. The fraction of sp³-hybridized carbons (Fsp3) is 1.00. The van der Waals surface area contributed by atoms with E-state index in [-0.39, 0.29) is 19.5 Å². The molecular formula is C7H21N2O9P3. The number of nitrogens with zero attached hydrogens (tertiary/aromatic N) is 2. The van der Waals surface area contributed by atoms with Crippen LogP contribution < -0.4 is 0 Å². The van der Waals surface area contributed by atoms with Gasteiger partial charge >= 0.3 is 22.8 Å². The fourth-order valence-corrected chi connectivity index (χ4v) is 4.11. The summed E-state index contributed by atoms with van der Waals surface area (Å²) in [5, 5.41) is 0. The van der Waals surface area contributed by atoms with Gasteiger partial charge in [0.15, 0.2) is 0 Å². The lowest BCUT2D eigenvalue weighted by molar-refractivity contribution is 0.258. The average molecular weight is 370 g/mol. The molecule has 0 aliphatic heterocycles. The van der Waals surface area contributed by atoms with Crippen molar-refractivity contribution in [2.24, 2.45) is 0 Å². The van der Waals surface area contributed by atoms with Gasteiger partial charge in [-0.15, -0.1) is 0 Å². The smallest absolute Gasteiger partial charge is 0.324 e. The standard InChI is InChI=1S/C7H21N2O9P3/c1-8(5-19(10,11)12)3-2-4-9(6-20(13,14)15)7-21(16,17)18/h2-7H2,1H3,(H2,10,11,12)(H2,13,14,15)(H2,16,17,18). The summed E-state index contributed by atoms with van der Waals surface area (Å²) < 4.78 is 32.5. The van der Waals surface area contributed by atoms with Crippen LogP contribution in [-0.4, -0.2) is 78.2 Å². The van der Waals surface area contributed by atoms with Gasteiger partial charge in [-0.3, -0.25) is 23.5 Å². The first-order chi connectivity index (χ1) is 9.18. The van der Waals surface area contributed by atoms with Crippen molar-refractivity contribution in [3.05, 3.63) is 0 Å². The van der Waals surface area contributed by atoms with Crippen LogP contribution in [0.15, 0.2) is 0 Å². The van der Waals surface area contributed by atoms with Gasteiger partial charge in [-0.2, -0.15) is 0 Å². The van der Waals surface area contributed by atoms with Gasteiger partial charge in [0.1, 0.15) is 18.9 Å². The summed E-state index contributed by atoms with van der Waals surface area (Å²) in [6.07, 6.45) is -1.82. The zero-order valence-corrected chi connectivity index (χ0v) is 14.1. The monoisotopic (exact) mass is 370 g/mol. The summed E-state index contributed by atoms with van der Waals surface area (Å²) in [7, 11) is -11.7.